The van der Waals surface area contributed by atoms with Crippen LogP contribution in [0, 0.1) is 0 Å². The van der Waals surface area contributed by atoms with E-state index >= 15 is 0 Å². The fraction of sp³-hybridized carbons (Fsp3) is 0.308. The summed E-state index contributed by atoms with van der Waals surface area (Å²) in [7, 11) is 0. The number of carbonyl (C=O) groups is 3. The molecule has 0 spiro atoms. The van der Waals surface area contributed by atoms with E-state index in [4.69, 9.17) is 10.2 Å². The molecule has 0 heterocycles. The molecule has 0 saturated carbocycles. The van der Waals surface area contributed by atoms with Crippen LogP contribution in [0.1, 0.15) is 34.9 Å². The Morgan fingerprint density at radius 2 is 1.65 bits per heavy atom. The minimum atomic E-state index is -1.14. The average Bonchev–Trinajstić information content (AvgIpc) is 2.42. The van der Waals surface area contributed by atoms with Crippen molar-refractivity contribution in [3.8, 4) is 0 Å². The lowest BCUT2D eigenvalue weighted by atomic mass is 10.0. The molecule has 0 radical (unpaired) electrons. The molecular formula is C13H15NO6. The molecule has 0 saturated heterocycles. The molecule has 7 heteroatoms. The highest BCUT2D eigenvalue weighted by Gasteiger charge is 2.11. The van der Waals surface area contributed by atoms with Gasteiger partial charge in [-0.05, 0) is 24.1 Å². The first-order valence-electron chi connectivity index (χ1n) is 5.90. The van der Waals surface area contributed by atoms with Gasteiger partial charge in [0, 0.05) is 12.0 Å². The number of carboxylic acids is 2. The molecule has 0 aliphatic carbocycles. The summed E-state index contributed by atoms with van der Waals surface area (Å²) in [6.07, 6.45) is -0.982. The van der Waals surface area contributed by atoms with Gasteiger partial charge >= 0.3 is 11.9 Å². The van der Waals surface area contributed by atoms with Gasteiger partial charge < -0.3 is 20.6 Å². The summed E-state index contributed by atoms with van der Waals surface area (Å²) < 4.78 is 0. The number of aliphatic hydroxyl groups excluding tert-OH is 1. The van der Waals surface area contributed by atoms with E-state index in [2.05, 4.69) is 5.32 Å². The second-order valence-corrected chi connectivity index (χ2v) is 4.15. The fourth-order valence-electron chi connectivity index (χ4n) is 1.54. The zero-order valence-corrected chi connectivity index (χ0v) is 10.6. The lowest BCUT2D eigenvalue weighted by molar-refractivity contribution is -0.138. The van der Waals surface area contributed by atoms with Crippen LogP contribution in [0.25, 0.3) is 0 Å². The van der Waals surface area contributed by atoms with Crippen LogP contribution in [0.5, 0.6) is 0 Å². The van der Waals surface area contributed by atoms with Crippen LogP contribution in [-0.4, -0.2) is 39.7 Å². The Labute approximate surface area is 114 Å². The van der Waals surface area contributed by atoms with Crippen LogP contribution in [0.15, 0.2) is 24.3 Å². The highest BCUT2D eigenvalue weighted by atomic mass is 16.4. The Bertz CT molecular complexity index is 496. The zero-order valence-electron chi connectivity index (χ0n) is 10.6. The number of hydrogen-bond acceptors (Lipinski definition) is 4. The van der Waals surface area contributed by atoms with Gasteiger partial charge in [-0.15, -0.1) is 0 Å². The molecule has 1 unspecified atom stereocenters. The summed E-state index contributed by atoms with van der Waals surface area (Å²) in [5.41, 5.74) is 0.765. The molecule has 0 bridgehead atoms. The normalized spacial score (nSPS) is 11.7. The lowest BCUT2D eigenvalue weighted by Crippen LogP contribution is -2.29. The molecule has 20 heavy (non-hydrogen) atoms. The van der Waals surface area contributed by atoms with Gasteiger partial charge in [0.15, 0.2) is 0 Å². The maximum Gasteiger partial charge on any atom is 0.322 e. The number of aliphatic carboxylic acids is 2. The number of rotatable bonds is 7. The molecule has 1 atom stereocenters. The van der Waals surface area contributed by atoms with Crippen LogP contribution >= 0.6 is 0 Å². The van der Waals surface area contributed by atoms with Crippen LogP contribution in [0.3, 0.4) is 0 Å². The number of amides is 1. The molecule has 108 valence electrons. The van der Waals surface area contributed by atoms with Gasteiger partial charge in [-0.25, -0.2) is 0 Å². The van der Waals surface area contributed by atoms with Crippen molar-refractivity contribution < 1.29 is 29.7 Å². The van der Waals surface area contributed by atoms with Gasteiger partial charge in [0.1, 0.15) is 6.54 Å². The van der Waals surface area contributed by atoms with E-state index < -0.39 is 30.5 Å². The predicted molar refractivity (Wildman–Crippen MR) is 68.2 cm³/mol. The topological polar surface area (TPSA) is 124 Å². The van der Waals surface area contributed by atoms with Crippen molar-refractivity contribution >= 4 is 17.8 Å². The maximum absolute atomic E-state index is 11.5. The fourth-order valence-corrected chi connectivity index (χ4v) is 1.54. The van der Waals surface area contributed by atoms with Crippen molar-refractivity contribution in [1.82, 2.24) is 5.32 Å². The van der Waals surface area contributed by atoms with E-state index in [0.717, 1.165) is 0 Å². The summed E-state index contributed by atoms with van der Waals surface area (Å²) in [5, 5.41) is 28.9. The summed E-state index contributed by atoms with van der Waals surface area (Å²) in [6, 6.07) is 5.89. The Morgan fingerprint density at radius 3 is 2.15 bits per heavy atom. The molecule has 1 aromatic rings. The van der Waals surface area contributed by atoms with E-state index in [-0.39, 0.29) is 18.4 Å². The Hall–Kier alpha value is -2.41. The van der Waals surface area contributed by atoms with Crippen molar-refractivity contribution in [1.29, 1.82) is 0 Å². The molecule has 1 amide bonds. The molecule has 1 rings (SSSR count). The molecule has 0 aliphatic rings. The Kier molecular flexibility index (Phi) is 5.67. The van der Waals surface area contributed by atoms with Crippen molar-refractivity contribution in [3.05, 3.63) is 35.4 Å². The van der Waals surface area contributed by atoms with E-state index in [0.29, 0.717) is 5.56 Å². The first-order chi connectivity index (χ1) is 9.40. The molecule has 4 N–H and O–H groups in total. The predicted octanol–water partition coefficient (Wildman–Crippen LogP) is 0.399. The highest BCUT2D eigenvalue weighted by molar-refractivity contribution is 5.95. The zero-order chi connectivity index (χ0) is 15.1. The highest BCUT2D eigenvalue weighted by Crippen LogP contribution is 2.18. The van der Waals surface area contributed by atoms with Gasteiger partial charge in [0.05, 0.1) is 6.10 Å². The van der Waals surface area contributed by atoms with Crippen LogP contribution in [0.4, 0.5) is 0 Å². The SMILES string of the molecule is O=C(O)CCC(O)c1ccc(C(=O)NCC(=O)O)cc1. The number of hydrogen-bond donors (Lipinski definition) is 4. The molecular weight excluding hydrogens is 266 g/mol. The Morgan fingerprint density at radius 1 is 1.05 bits per heavy atom. The van der Waals surface area contributed by atoms with E-state index in [9.17, 15) is 19.5 Å². The summed E-state index contributed by atoms with van der Waals surface area (Å²) >= 11 is 0. The summed E-state index contributed by atoms with van der Waals surface area (Å²) in [5.74, 6) is -2.66. The second kappa shape index (κ2) is 7.25. The number of nitrogens with one attached hydrogen (secondary N) is 1. The second-order valence-electron chi connectivity index (χ2n) is 4.15. The largest absolute Gasteiger partial charge is 0.481 e. The first kappa shape index (κ1) is 15.6. The van der Waals surface area contributed by atoms with Crippen LogP contribution in [0.2, 0.25) is 0 Å². The Balaban J connectivity index is 2.61. The molecule has 0 fully saturated rings. The van der Waals surface area contributed by atoms with Gasteiger partial charge in [0.25, 0.3) is 5.91 Å². The van der Waals surface area contributed by atoms with Crippen LogP contribution in [-0.2, 0) is 9.59 Å². The van der Waals surface area contributed by atoms with Crippen molar-refractivity contribution in [2.75, 3.05) is 6.54 Å². The standard InChI is InChI=1S/C13H15NO6/c15-10(5-6-11(16)17)8-1-3-9(4-2-8)13(20)14-7-12(18)19/h1-4,10,15H,5-7H2,(H,14,20)(H,16,17)(H,18,19). The maximum atomic E-state index is 11.5. The van der Waals surface area contributed by atoms with Crippen molar-refractivity contribution in [2.45, 2.75) is 18.9 Å². The molecule has 0 aromatic heterocycles. The van der Waals surface area contributed by atoms with E-state index in [1.807, 2.05) is 0 Å². The smallest absolute Gasteiger partial charge is 0.322 e. The third-order valence-electron chi connectivity index (χ3n) is 2.59. The molecule has 7 nitrogen and oxygen atoms in total. The van der Waals surface area contributed by atoms with Gasteiger partial charge in [-0.3, -0.25) is 14.4 Å². The monoisotopic (exact) mass is 281 g/mol. The van der Waals surface area contributed by atoms with Crippen molar-refractivity contribution in [2.24, 2.45) is 0 Å². The number of carbonyl (C=O) groups excluding carboxylic acids is 1. The number of benzene rings is 1. The number of aliphatic hydroxyl groups is 1. The summed E-state index contributed by atoms with van der Waals surface area (Å²) in [4.78, 5) is 32.2. The molecule has 1 aromatic carbocycles. The van der Waals surface area contributed by atoms with Crippen molar-refractivity contribution in [3.63, 3.8) is 0 Å². The van der Waals surface area contributed by atoms with E-state index in [1.54, 1.807) is 0 Å². The average molecular weight is 281 g/mol. The minimum Gasteiger partial charge on any atom is -0.481 e. The molecule has 0 aliphatic heterocycles. The quantitative estimate of drug-likeness (QED) is 0.573. The third kappa shape index (κ3) is 5.07. The number of carboxylic acid groups (broad SMARTS) is 2. The van der Waals surface area contributed by atoms with Gasteiger partial charge in [0.2, 0.25) is 0 Å². The minimum absolute atomic E-state index is 0.0832. The lowest BCUT2D eigenvalue weighted by Gasteiger charge is -2.10. The van der Waals surface area contributed by atoms with E-state index in [1.165, 1.54) is 24.3 Å². The van der Waals surface area contributed by atoms with Gasteiger partial charge in [-0.1, -0.05) is 12.1 Å². The first-order valence-corrected chi connectivity index (χ1v) is 5.90. The third-order valence-corrected chi connectivity index (χ3v) is 2.59. The van der Waals surface area contributed by atoms with Gasteiger partial charge in [-0.2, -0.15) is 0 Å². The summed E-state index contributed by atoms with van der Waals surface area (Å²) in [6.45, 7) is -0.470. The van der Waals surface area contributed by atoms with Crippen LogP contribution < -0.4 is 5.32 Å².